The molecule has 0 fully saturated rings. The molecule has 0 bridgehead atoms. The molecule has 24 heavy (non-hydrogen) atoms. The number of nitrogens with zero attached hydrogens (tertiary/aromatic N) is 3. The van der Waals surface area contributed by atoms with Crippen LogP contribution in [-0.4, -0.2) is 21.3 Å². The molecule has 2 heterocycles. The highest BCUT2D eigenvalue weighted by atomic mass is 16.5. The number of anilines is 2. The van der Waals surface area contributed by atoms with Crippen LogP contribution in [0.25, 0.3) is 0 Å². The number of hydrogen-bond donors (Lipinski definition) is 2. The lowest BCUT2D eigenvalue weighted by molar-refractivity contribution is 0.102. The van der Waals surface area contributed by atoms with Gasteiger partial charge in [-0.25, -0.2) is 0 Å². The van der Waals surface area contributed by atoms with E-state index in [9.17, 15) is 4.79 Å². The third-order valence-corrected chi connectivity index (χ3v) is 3.49. The van der Waals surface area contributed by atoms with Crippen LogP contribution in [-0.2, 0) is 6.54 Å². The molecule has 0 radical (unpaired) electrons. The number of aromatic nitrogens is 3. The van der Waals surface area contributed by atoms with Crippen LogP contribution in [0.3, 0.4) is 0 Å². The van der Waals surface area contributed by atoms with Crippen molar-refractivity contribution < 1.29 is 9.32 Å². The standard InChI is InChI=1S/C17H17N5O2/c1-11-5-3-4-6-13(11)10-18-15-8-7-14(20-21-15)17(23)19-16-9-12(2)24-22-16/h3-9H,10H2,1-2H3,(H,18,21)(H,19,22,23). The van der Waals surface area contributed by atoms with Crippen molar-refractivity contribution >= 4 is 17.5 Å². The van der Waals surface area contributed by atoms with Gasteiger partial charge >= 0.3 is 0 Å². The van der Waals surface area contributed by atoms with Crippen molar-refractivity contribution in [1.29, 1.82) is 0 Å². The van der Waals surface area contributed by atoms with E-state index >= 15 is 0 Å². The minimum absolute atomic E-state index is 0.206. The average Bonchev–Trinajstić information content (AvgIpc) is 2.99. The van der Waals surface area contributed by atoms with E-state index in [2.05, 4.69) is 45.0 Å². The van der Waals surface area contributed by atoms with E-state index in [4.69, 9.17) is 4.52 Å². The smallest absolute Gasteiger partial charge is 0.277 e. The van der Waals surface area contributed by atoms with Crippen LogP contribution in [0, 0.1) is 13.8 Å². The van der Waals surface area contributed by atoms with Gasteiger partial charge in [-0.1, -0.05) is 29.4 Å². The van der Waals surface area contributed by atoms with Gasteiger partial charge in [0, 0.05) is 12.6 Å². The van der Waals surface area contributed by atoms with Crippen LogP contribution in [0.5, 0.6) is 0 Å². The number of amides is 1. The Morgan fingerprint density at radius 1 is 1.08 bits per heavy atom. The molecule has 0 saturated heterocycles. The maximum absolute atomic E-state index is 12.0. The van der Waals surface area contributed by atoms with Crippen LogP contribution in [0.1, 0.15) is 27.4 Å². The van der Waals surface area contributed by atoms with Crippen molar-refractivity contribution in [2.24, 2.45) is 0 Å². The molecule has 0 aliphatic rings. The van der Waals surface area contributed by atoms with Crippen molar-refractivity contribution in [2.45, 2.75) is 20.4 Å². The Bertz CT molecular complexity index is 842. The Labute approximate surface area is 139 Å². The molecule has 0 spiro atoms. The summed E-state index contributed by atoms with van der Waals surface area (Å²) in [6.45, 7) is 4.45. The van der Waals surface area contributed by atoms with Crippen molar-refractivity contribution in [2.75, 3.05) is 10.6 Å². The minimum atomic E-state index is -0.388. The zero-order valence-corrected chi connectivity index (χ0v) is 13.4. The summed E-state index contributed by atoms with van der Waals surface area (Å²) in [6.07, 6.45) is 0. The van der Waals surface area contributed by atoms with Crippen molar-refractivity contribution in [3.8, 4) is 0 Å². The molecule has 7 nitrogen and oxygen atoms in total. The van der Waals surface area contributed by atoms with Crippen molar-refractivity contribution in [1.82, 2.24) is 15.4 Å². The normalized spacial score (nSPS) is 10.4. The van der Waals surface area contributed by atoms with Crippen LogP contribution >= 0.6 is 0 Å². The lowest BCUT2D eigenvalue weighted by Gasteiger charge is -2.08. The zero-order valence-electron chi connectivity index (χ0n) is 13.4. The summed E-state index contributed by atoms with van der Waals surface area (Å²) in [5.74, 6) is 1.18. The Hall–Kier alpha value is -3.22. The monoisotopic (exact) mass is 323 g/mol. The molecule has 7 heteroatoms. The SMILES string of the molecule is Cc1cc(NC(=O)c2ccc(NCc3ccccc3C)nn2)no1. The van der Waals surface area contributed by atoms with E-state index in [1.165, 1.54) is 11.1 Å². The van der Waals surface area contributed by atoms with E-state index < -0.39 is 0 Å². The first-order chi connectivity index (χ1) is 11.6. The van der Waals surface area contributed by atoms with Crippen LogP contribution in [0.15, 0.2) is 47.0 Å². The summed E-state index contributed by atoms with van der Waals surface area (Å²) >= 11 is 0. The van der Waals surface area contributed by atoms with E-state index in [0.29, 0.717) is 23.9 Å². The van der Waals surface area contributed by atoms with Gasteiger partial charge in [0.15, 0.2) is 11.5 Å². The first kappa shape index (κ1) is 15.7. The van der Waals surface area contributed by atoms with Gasteiger partial charge in [0.05, 0.1) is 0 Å². The maximum atomic E-state index is 12.0. The first-order valence-corrected chi connectivity index (χ1v) is 7.48. The number of hydrogen-bond acceptors (Lipinski definition) is 6. The molecule has 0 atom stereocenters. The second kappa shape index (κ2) is 6.91. The van der Waals surface area contributed by atoms with E-state index in [0.717, 1.165) is 0 Å². The third-order valence-electron chi connectivity index (χ3n) is 3.49. The fourth-order valence-corrected chi connectivity index (χ4v) is 2.15. The summed E-state index contributed by atoms with van der Waals surface area (Å²) in [7, 11) is 0. The van der Waals surface area contributed by atoms with E-state index in [1.54, 1.807) is 25.1 Å². The second-order valence-corrected chi connectivity index (χ2v) is 5.36. The number of carbonyl (C=O) groups is 1. The molecule has 2 aromatic heterocycles. The lowest BCUT2D eigenvalue weighted by Crippen LogP contribution is -2.15. The molecule has 2 N–H and O–H groups in total. The highest BCUT2D eigenvalue weighted by Crippen LogP contribution is 2.11. The number of nitrogens with one attached hydrogen (secondary N) is 2. The topological polar surface area (TPSA) is 92.9 Å². The number of rotatable bonds is 5. The molecule has 1 amide bonds. The molecule has 0 unspecified atom stereocenters. The summed E-state index contributed by atoms with van der Waals surface area (Å²) in [5, 5.41) is 17.4. The number of aryl methyl sites for hydroxylation is 2. The molecule has 3 aromatic rings. The molecule has 0 aliphatic carbocycles. The molecule has 3 rings (SSSR count). The Morgan fingerprint density at radius 3 is 2.58 bits per heavy atom. The van der Waals surface area contributed by atoms with Crippen LogP contribution in [0.4, 0.5) is 11.6 Å². The molecule has 122 valence electrons. The summed E-state index contributed by atoms with van der Waals surface area (Å²) in [6, 6.07) is 13.1. The van der Waals surface area contributed by atoms with Crippen molar-refractivity contribution in [3.63, 3.8) is 0 Å². The van der Waals surface area contributed by atoms with Gasteiger partial charge in [-0.15, -0.1) is 10.2 Å². The predicted octanol–water partition coefficient (Wildman–Crippen LogP) is 2.95. The summed E-state index contributed by atoms with van der Waals surface area (Å²) in [4.78, 5) is 12.0. The zero-order chi connectivity index (χ0) is 16.9. The van der Waals surface area contributed by atoms with Gasteiger partial charge < -0.3 is 15.2 Å². The van der Waals surface area contributed by atoms with Gasteiger partial charge in [0.2, 0.25) is 0 Å². The lowest BCUT2D eigenvalue weighted by atomic mass is 10.1. The van der Waals surface area contributed by atoms with Gasteiger partial charge in [0.25, 0.3) is 5.91 Å². The highest BCUT2D eigenvalue weighted by molar-refractivity contribution is 6.02. The molecular formula is C17H17N5O2. The molecule has 0 saturated carbocycles. The Morgan fingerprint density at radius 2 is 1.92 bits per heavy atom. The first-order valence-electron chi connectivity index (χ1n) is 7.48. The highest BCUT2D eigenvalue weighted by Gasteiger charge is 2.11. The minimum Gasteiger partial charge on any atom is -0.364 e. The predicted molar refractivity (Wildman–Crippen MR) is 89.7 cm³/mol. The van der Waals surface area contributed by atoms with E-state index in [-0.39, 0.29) is 11.6 Å². The van der Waals surface area contributed by atoms with Crippen molar-refractivity contribution in [3.05, 3.63) is 65.0 Å². The van der Waals surface area contributed by atoms with Gasteiger partial charge in [-0.05, 0) is 37.1 Å². The molecule has 1 aromatic carbocycles. The number of carbonyl (C=O) groups excluding carboxylic acids is 1. The number of benzene rings is 1. The molecular weight excluding hydrogens is 306 g/mol. The largest absolute Gasteiger partial charge is 0.364 e. The Kier molecular flexibility index (Phi) is 4.51. The fraction of sp³-hybridized carbons (Fsp3) is 0.176. The van der Waals surface area contributed by atoms with Crippen LogP contribution in [0.2, 0.25) is 0 Å². The average molecular weight is 323 g/mol. The van der Waals surface area contributed by atoms with Gasteiger partial charge in [-0.2, -0.15) is 0 Å². The maximum Gasteiger partial charge on any atom is 0.277 e. The van der Waals surface area contributed by atoms with Gasteiger partial charge in [-0.3, -0.25) is 4.79 Å². The summed E-state index contributed by atoms with van der Waals surface area (Å²) < 4.78 is 4.89. The fourth-order valence-electron chi connectivity index (χ4n) is 2.15. The molecule has 0 aliphatic heterocycles. The van der Waals surface area contributed by atoms with Crippen LogP contribution < -0.4 is 10.6 Å². The summed E-state index contributed by atoms with van der Waals surface area (Å²) in [5.41, 5.74) is 2.59. The quantitative estimate of drug-likeness (QED) is 0.750. The van der Waals surface area contributed by atoms with Gasteiger partial charge in [0.1, 0.15) is 11.6 Å². The Balaban J connectivity index is 1.60. The second-order valence-electron chi connectivity index (χ2n) is 5.36. The van der Waals surface area contributed by atoms with E-state index in [1.807, 2.05) is 12.1 Å². The third kappa shape index (κ3) is 3.75.